The van der Waals surface area contributed by atoms with Gasteiger partial charge in [-0.15, -0.1) is 0 Å². The predicted molar refractivity (Wildman–Crippen MR) is 75.0 cm³/mol. The highest BCUT2D eigenvalue weighted by Gasteiger charge is 2.14. The highest BCUT2D eigenvalue weighted by atomic mass is 16.3. The summed E-state index contributed by atoms with van der Waals surface area (Å²) in [4.78, 5) is 0. The van der Waals surface area contributed by atoms with E-state index < -0.39 is 0 Å². The van der Waals surface area contributed by atoms with Gasteiger partial charge in [-0.1, -0.05) is 50.8 Å². The second-order valence-corrected chi connectivity index (χ2v) is 4.76. The molecule has 0 aliphatic rings. The standard InChI is InChI=1S/C15H22N2O/c1-2-3-4-5-9-13(17-16)15-11-12-8-6-7-10-14(12)18-15/h6-8,10-11,13,17H,2-5,9,16H2,1H3. The van der Waals surface area contributed by atoms with Crippen LogP contribution in [0.1, 0.15) is 50.8 Å². The summed E-state index contributed by atoms with van der Waals surface area (Å²) >= 11 is 0. The Bertz CT molecular complexity index is 445. The molecule has 0 aliphatic carbocycles. The van der Waals surface area contributed by atoms with E-state index in [0.717, 1.165) is 23.2 Å². The van der Waals surface area contributed by atoms with Crippen molar-refractivity contribution in [1.82, 2.24) is 5.43 Å². The predicted octanol–water partition coefficient (Wildman–Crippen LogP) is 3.91. The van der Waals surface area contributed by atoms with Crippen LogP contribution in [-0.4, -0.2) is 0 Å². The summed E-state index contributed by atoms with van der Waals surface area (Å²) in [6.07, 6.45) is 6.01. The molecule has 0 radical (unpaired) electrons. The van der Waals surface area contributed by atoms with Gasteiger partial charge in [-0.3, -0.25) is 5.84 Å². The van der Waals surface area contributed by atoms with Gasteiger partial charge in [-0.25, -0.2) is 5.43 Å². The molecule has 1 unspecified atom stereocenters. The number of nitrogens with one attached hydrogen (secondary N) is 1. The third-order valence-electron chi connectivity index (χ3n) is 3.34. The smallest absolute Gasteiger partial charge is 0.134 e. The van der Waals surface area contributed by atoms with Crippen molar-refractivity contribution in [1.29, 1.82) is 0 Å². The van der Waals surface area contributed by atoms with E-state index in [0.29, 0.717) is 0 Å². The molecule has 0 bridgehead atoms. The number of furan rings is 1. The molecule has 18 heavy (non-hydrogen) atoms. The maximum absolute atomic E-state index is 5.84. The Labute approximate surface area is 108 Å². The third kappa shape index (κ3) is 3.12. The summed E-state index contributed by atoms with van der Waals surface area (Å²) in [5.74, 6) is 6.57. The average Bonchev–Trinajstić information content (AvgIpc) is 2.82. The fourth-order valence-corrected chi connectivity index (χ4v) is 2.26. The Kier molecular flexibility index (Phi) is 4.79. The number of rotatable bonds is 7. The number of benzene rings is 1. The zero-order valence-electron chi connectivity index (χ0n) is 11.0. The lowest BCUT2D eigenvalue weighted by atomic mass is 10.1. The minimum atomic E-state index is 0.120. The number of hydrogen-bond acceptors (Lipinski definition) is 3. The van der Waals surface area contributed by atoms with E-state index in [1.165, 1.54) is 25.7 Å². The minimum Gasteiger partial charge on any atom is -0.459 e. The van der Waals surface area contributed by atoms with Gasteiger partial charge in [-0.05, 0) is 18.6 Å². The first-order valence-electron chi connectivity index (χ1n) is 6.79. The lowest BCUT2D eigenvalue weighted by Crippen LogP contribution is -2.27. The van der Waals surface area contributed by atoms with Gasteiger partial charge >= 0.3 is 0 Å². The molecule has 0 spiro atoms. The number of unbranched alkanes of at least 4 members (excludes halogenated alkanes) is 3. The number of hydrogen-bond donors (Lipinski definition) is 2. The van der Waals surface area contributed by atoms with Gasteiger partial charge in [0, 0.05) is 5.39 Å². The topological polar surface area (TPSA) is 51.2 Å². The molecule has 1 aromatic heterocycles. The number of para-hydroxylation sites is 1. The van der Waals surface area contributed by atoms with Crippen LogP contribution in [0.4, 0.5) is 0 Å². The first kappa shape index (κ1) is 13.1. The zero-order valence-corrected chi connectivity index (χ0v) is 11.0. The van der Waals surface area contributed by atoms with Gasteiger partial charge in [-0.2, -0.15) is 0 Å². The average molecular weight is 246 g/mol. The van der Waals surface area contributed by atoms with Gasteiger partial charge in [0.25, 0.3) is 0 Å². The summed E-state index contributed by atoms with van der Waals surface area (Å²) in [5.41, 5.74) is 3.79. The molecule has 0 aliphatic heterocycles. The van der Waals surface area contributed by atoms with Crippen LogP contribution in [0.3, 0.4) is 0 Å². The maximum atomic E-state index is 5.84. The molecule has 3 N–H and O–H groups in total. The van der Waals surface area contributed by atoms with Gasteiger partial charge in [0.1, 0.15) is 11.3 Å². The quantitative estimate of drug-likeness (QED) is 0.442. The second-order valence-electron chi connectivity index (χ2n) is 4.76. The number of nitrogens with two attached hydrogens (primary N) is 1. The van der Waals surface area contributed by atoms with Crippen LogP contribution in [0, 0.1) is 0 Å². The minimum absolute atomic E-state index is 0.120. The Morgan fingerprint density at radius 3 is 2.78 bits per heavy atom. The van der Waals surface area contributed by atoms with Crippen molar-refractivity contribution < 1.29 is 4.42 Å². The molecule has 98 valence electrons. The fraction of sp³-hybridized carbons (Fsp3) is 0.467. The molecule has 1 heterocycles. The molecule has 0 saturated heterocycles. The normalized spacial score (nSPS) is 13.0. The van der Waals surface area contributed by atoms with Crippen molar-refractivity contribution in [3.8, 4) is 0 Å². The molecule has 2 aromatic rings. The largest absolute Gasteiger partial charge is 0.459 e. The SMILES string of the molecule is CCCCCCC(NN)c1cc2ccccc2o1. The maximum Gasteiger partial charge on any atom is 0.134 e. The Hall–Kier alpha value is -1.32. The molecule has 3 nitrogen and oxygen atoms in total. The van der Waals surface area contributed by atoms with E-state index in [-0.39, 0.29) is 6.04 Å². The van der Waals surface area contributed by atoms with Gasteiger partial charge < -0.3 is 4.42 Å². The van der Waals surface area contributed by atoms with Gasteiger partial charge in [0.15, 0.2) is 0 Å². The van der Waals surface area contributed by atoms with Crippen LogP contribution in [0.2, 0.25) is 0 Å². The summed E-state index contributed by atoms with van der Waals surface area (Å²) in [6, 6.07) is 10.3. The molecule has 1 atom stereocenters. The molecular weight excluding hydrogens is 224 g/mol. The lowest BCUT2D eigenvalue weighted by molar-refractivity contribution is 0.403. The number of fused-ring (bicyclic) bond motifs is 1. The highest BCUT2D eigenvalue weighted by molar-refractivity contribution is 5.77. The van der Waals surface area contributed by atoms with Crippen LogP contribution in [0.25, 0.3) is 11.0 Å². The monoisotopic (exact) mass is 246 g/mol. The van der Waals surface area contributed by atoms with Crippen LogP contribution >= 0.6 is 0 Å². The van der Waals surface area contributed by atoms with E-state index >= 15 is 0 Å². The third-order valence-corrected chi connectivity index (χ3v) is 3.34. The van der Waals surface area contributed by atoms with Crippen LogP contribution in [0.5, 0.6) is 0 Å². The van der Waals surface area contributed by atoms with Crippen molar-refractivity contribution in [2.24, 2.45) is 5.84 Å². The molecule has 0 fully saturated rings. The van der Waals surface area contributed by atoms with Gasteiger partial charge in [0.2, 0.25) is 0 Å². The molecule has 0 saturated carbocycles. The molecule has 1 aromatic carbocycles. The van der Waals surface area contributed by atoms with E-state index in [1.54, 1.807) is 0 Å². The summed E-state index contributed by atoms with van der Waals surface area (Å²) < 4.78 is 5.84. The van der Waals surface area contributed by atoms with Crippen molar-refractivity contribution in [3.05, 3.63) is 36.1 Å². The first-order valence-corrected chi connectivity index (χ1v) is 6.79. The van der Waals surface area contributed by atoms with E-state index in [1.807, 2.05) is 18.2 Å². The van der Waals surface area contributed by atoms with E-state index in [2.05, 4.69) is 24.5 Å². The van der Waals surface area contributed by atoms with E-state index in [4.69, 9.17) is 10.3 Å². The fourth-order valence-electron chi connectivity index (χ4n) is 2.26. The lowest BCUT2D eigenvalue weighted by Gasteiger charge is -2.12. The van der Waals surface area contributed by atoms with Gasteiger partial charge in [0.05, 0.1) is 6.04 Å². The highest BCUT2D eigenvalue weighted by Crippen LogP contribution is 2.26. The molecule has 3 heteroatoms. The molecular formula is C15H22N2O. The zero-order chi connectivity index (χ0) is 12.8. The Morgan fingerprint density at radius 2 is 2.06 bits per heavy atom. The summed E-state index contributed by atoms with van der Waals surface area (Å²) in [5, 5.41) is 1.14. The summed E-state index contributed by atoms with van der Waals surface area (Å²) in [6.45, 7) is 2.22. The van der Waals surface area contributed by atoms with Crippen LogP contribution < -0.4 is 11.3 Å². The first-order chi connectivity index (χ1) is 8.85. The van der Waals surface area contributed by atoms with Crippen molar-refractivity contribution in [3.63, 3.8) is 0 Å². The van der Waals surface area contributed by atoms with Crippen molar-refractivity contribution in [2.45, 2.75) is 45.1 Å². The molecule has 0 amide bonds. The Balaban J connectivity index is 2.02. The van der Waals surface area contributed by atoms with E-state index in [9.17, 15) is 0 Å². The second kappa shape index (κ2) is 6.57. The van der Waals surface area contributed by atoms with Crippen LogP contribution in [-0.2, 0) is 0 Å². The number of hydrazine groups is 1. The van der Waals surface area contributed by atoms with Crippen LogP contribution in [0.15, 0.2) is 34.7 Å². The summed E-state index contributed by atoms with van der Waals surface area (Å²) in [7, 11) is 0. The van der Waals surface area contributed by atoms with Crippen molar-refractivity contribution >= 4 is 11.0 Å². The van der Waals surface area contributed by atoms with Crippen molar-refractivity contribution in [2.75, 3.05) is 0 Å². The Morgan fingerprint density at radius 1 is 1.22 bits per heavy atom. The molecule has 2 rings (SSSR count).